The molecule has 17 heteroatoms. The Bertz CT molecular complexity index is 1670. The number of rotatable bonds is 7. The van der Waals surface area contributed by atoms with Gasteiger partial charge in [-0.1, -0.05) is 42.7 Å². The van der Waals surface area contributed by atoms with Crippen LogP contribution in [0.5, 0.6) is 0 Å². The van der Waals surface area contributed by atoms with Gasteiger partial charge in [0.1, 0.15) is 37.0 Å². The third kappa shape index (κ3) is 8.01. The van der Waals surface area contributed by atoms with E-state index in [1.165, 1.54) is 9.80 Å². The standard InChI is InChI=1S/C33H41ClFN5O9S/c34-23-9-8-20-17-39(18-21(20)14-23)32(45)49-24-15-27-28(41)37-33(30(43)38-50(46,47)25-10-11-25)16-22(33)6-4-2-1-3-5-7-26(29(42)40(27)19-24)36-31(44)48-13-12-35/h4,6,8-9,14,22,24-27H,1-3,5,7,10-13,15-19H2,(H,36,44)(H,37,41)(H,38,43)/t22-,24-,26+,27+,33-/m1/s1. The van der Waals surface area contributed by atoms with Crippen molar-refractivity contribution in [1.29, 1.82) is 0 Å². The Morgan fingerprint density at radius 3 is 2.62 bits per heavy atom. The van der Waals surface area contributed by atoms with Crippen molar-refractivity contribution in [2.75, 3.05) is 19.8 Å². The minimum absolute atomic E-state index is 0.118. The number of halogens is 2. The molecule has 3 fully saturated rings. The van der Waals surface area contributed by atoms with E-state index in [4.69, 9.17) is 21.1 Å². The maximum atomic E-state index is 14.1. The van der Waals surface area contributed by atoms with Crippen LogP contribution in [-0.2, 0) is 47.0 Å². The van der Waals surface area contributed by atoms with E-state index in [9.17, 15) is 36.8 Å². The van der Waals surface area contributed by atoms with Gasteiger partial charge >= 0.3 is 12.2 Å². The first kappa shape index (κ1) is 35.9. The van der Waals surface area contributed by atoms with Gasteiger partial charge in [0.25, 0.3) is 5.91 Å². The zero-order valence-corrected chi connectivity index (χ0v) is 29.0. The molecule has 0 radical (unpaired) electrons. The number of hydrogen-bond donors (Lipinski definition) is 3. The SMILES string of the molecule is O=C(N[C@H]1CCCCCC=C[C@@H]2C[C@@]2(C(=O)NS(=O)(=O)C2CC2)NC(=O)[C@@H]2C[C@@H](OC(=O)N3Cc4ccc(Cl)cc4C3)CN2C1=O)OCCF. The van der Waals surface area contributed by atoms with Crippen LogP contribution in [0.2, 0.25) is 5.02 Å². The third-order valence-corrected chi connectivity index (χ3v) is 11.9. The Balaban J connectivity index is 1.24. The van der Waals surface area contributed by atoms with Gasteiger partial charge in [-0.2, -0.15) is 0 Å². The monoisotopic (exact) mass is 737 g/mol. The van der Waals surface area contributed by atoms with Crippen LogP contribution in [0.4, 0.5) is 14.0 Å². The number of hydrogen-bond acceptors (Lipinski definition) is 9. The summed E-state index contributed by atoms with van der Waals surface area (Å²) in [6.07, 6.45) is 4.83. The summed E-state index contributed by atoms with van der Waals surface area (Å²) in [6, 6.07) is 2.96. The third-order valence-electron chi connectivity index (χ3n) is 9.86. The lowest BCUT2D eigenvalue weighted by Gasteiger charge is -2.29. The van der Waals surface area contributed by atoms with Gasteiger partial charge in [-0.15, -0.1) is 0 Å². The van der Waals surface area contributed by atoms with E-state index in [-0.39, 0.29) is 38.9 Å². The molecule has 14 nitrogen and oxygen atoms in total. The number of amides is 5. The molecule has 0 bridgehead atoms. The number of carbonyl (C=O) groups is 5. The van der Waals surface area contributed by atoms with Gasteiger partial charge in [0, 0.05) is 30.5 Å². The largest absolute Gasteiger partial charge is 0.447 e. The van der Waals surface area contributed by atoms with Crippen LogP contribution in [0, 0.1) is 5.92 Å². The predicted molar refractivity (Wildman–Crippen MR) is 177 cm³/mol. The van der Waals surface area contributed by atoms with Gasteiger partial charge in [-0.25, -0.2) is 22.4 Å². The Kier molecular flexibility index (Phi) is 10.6. The minimum atomic E-state index is -3.92. The van der Waals surface area contributed by atoms with E-state index in [1.807, 2.05) is 12.1 Å². The van der Waals surface area contributed by atoms with E-state index in [0.29, 0.717) is 37.1 Å². The average molecular weight is 738 g/mol. The summed E-state index contributed by atoms with van der Waals surface area (Å²) < 4.78 is 50.9. The van der Waals surface area contributed by atoms with Gasteiger partial charge in [0.15, 0.2) is 0 Å². The maximum Gasteiger partial charge on any atom is 0.410 e. The molecule has 0 spiro atoms. The Labute approximate surface area is 294 Å². The molecule has 5 aliphatic rings. The molecule has 50 heavy (non-hydrogen) atoms. The highest BCUT2D eigenvalue weighted by molar-refractivity contribution is 7.91. The summed E-state index contributed by atoms with van der Waals surface area (Å²) in [5, 5.41) is 5.14. The molecule has 272 valence electrons. The highest BCUT2D eigenvalue weighted by Gasteiger charge is 2.62. The van der Waals surface area contributed by atoms with Crippen molar-refractivity contribution >= 4 is 51.5 Å². The lowest BCUT2D eigenvalue weighted by molar-refractivity contribution is -0.141. The predicted octanol–water partition coefficient (Wildman–Crippen LogP) is 2.83. The molecule has 5 atom stereocenters. The maximum absolute atomic E-state index is 14.1. The number of sulfonamides is 1. The van der Waals surface area contributed by atoms with Crippen molar-refractivity contribution in [2.45, 2.75) is 99.9 Å². The zero-order chi connectivity index (χ0) is 35.6. The molecule has 6 rings (SSSR count). The van der Waals surface area contributed by atoms with Crippen LogP contribution in [0.25, 0.3) is 0 Å². The first-order valence-corrected chi connectivity index (χ1v) is 18.9. The van der Waals surface area contributed by atoms with Gasteiger partial charge in [0.05, 0.1) is 11.8 Å². The van der Waals surface area contributed by atoms with Gasteiger partial charge in [-0.3, -0.25) is 24.0 Å². The number of fused-ring (bicyclic) bond motifs is 3. The number of carbonyl (C=O) groups excluding carboxylic acids is 5. The number of ether oxygens (including phenoxy) is 2. The van der Waals surface area contributed by atoms with Crippen molar-refractivity contribution in [2.24, 2.45) is 5.92 Å². The average Bonchev–Trinajstić information content (AvgIpc) is 3.96. The fourth-order valence-electron chi connectivity index (χ4n) is 6.87. The van der Waals surface area contributed by atoms with Crippen LogP contribution in [0.15, 0.2) is 30.4 Å². The van der Waals surface area contributed by atoms with Crippen LogP contribution in [0.1, 0.15) is 68.9 Å². The quantitative estimate of drug-likeness (QED) is 0.355. The van der Waals surface area contributed by atoms with Gasteiger partial charge < -0.3 is 25.0 Å². The Morgan fingerprint density at radius 1 is 1.08 bits per heavy atom. The molecular formula is C33H41ClFN5O9S. The Hall–Kier alpha value is -3.92. The molecule has 3 heterocycles. The van der Waals surface area contributed by atoms with Crippen molar-refractivity contribution in [1.82, 2.24) is 25.2 Å². The lowest BCUT2D eigenvalue weighted by atomic mass is 10.1. The zero-order valence-electron chi connectivity index (χ0n) is 27.4. The minimum Gasteiger partial charge on any atom is -0.447 e. The van der Waals surface area contributed by atoms with E-state index in [1.54, 1.807) is 18.2 Å². The molecule has 1 aromatic carbocycles. The second-order valence-electron chi connectivity index (χ2n) is 13.6. The van der Waals surface area contributed by atoms with Crippen molar-refractivity contribution < 1.29 is 46.3 Å². The van der Waals surface area contributed by atoms with Crippen molar-refractivity contribution in [3.63, 3.8) is 0 Å². The molecule has 2 saturated carbocycles. The Morgan fingerprint density at radius 2 is 1.86 bits per heavy atom. The number of nitrogens with zero attached hydrogens (tertiary/aromatic N) is 2. The smallest absolute Gasteiger partial charge is 0.410 e. The normalized spacial score (nSPS) is 28.3. The van der Waals surface area contributed by atoms with Gasteiger partial charge in [0.2, 0.25) is 21.8 Å². The molecule has 0 aromatic heterocycles. The molecule has 5 amide bonds. The summed E-state index contributed by atoms with van der Waals surface area (Å²) in [5.74, 6) is -2.70. The molecule has 3 aliphatic heterocycles. The number of alkyl carbamates (subject to hydrolysis) is 1. The molecule has 1 saturated heterocycles. The van der Waals surface area contributed by atoms with Gasteiger partial charge in [-0.05, 0) is 61.8 Å². The molecule has 1 aromatic rings. The summed E-state index contributed by atoms with van der Waals surface area (Å²) >= 11 is 6.12. The summed E-state index contributed by atoms with van der Waals surface area (Å²) in [4.78, 5) is 70.2. The first-order valence-electron chi connectivity index (χ1n) is 17.0. The van der Waals surface area contributed by atoms with E-state index < -0.39 is 88.1 Å². The van der Waals surface area contributed by atoms with E-state index in [2.05, 4.69) is 15.4 Å². The number of benzene rings is 1. The summed E-state index contributed by atoms with van der Waals surface area (Å²) in [7, 11) is -3.92. The fourth-order valence-corrected chi connectivity index (χ4v) is 8.43. The van der Waals surface area contributed by atoms with E-state index in [0.717, 1.165) is 17.5 Å². The number of alkyl halides is 1. The van der Waals surface area contributed by atoms with Crippen molar-refractivity contribution in [3.8, 4) is 0 Å². The van der Waals surface area contributed by atoms with Crippen LogP contribution < -0.4 is 15.4 Å². The first-order chi connectivity index (χ1) is 23.9. The summed E-state index contributed by atoms with van der Waals surface area (Å²) in [6.45, 7) is -1.05. The number of allylic oxidation sites excluding steroid dienone is 1. The molecular weight excluding hydrogens is 697 g/mol. The van der Waals surface area contributed by atoms with Crippen LogP contribution >= 0.6 is 11.6 Å². The second-order valence-corrected chi connectivity index (χ2v) is 15.9. The van der Waals surface area contributed by atoms with Crippen LogP contribution in [0.3, 0.4) is 0 Å². The number of nitrogens with one attached hydrogen (secondary N) is 3. The topological polar surface area (TPSA) is 181 Å². The molecule has 0 unspecified atom stereocenters. The summed E-state index contributed by atoms with van der Waals surface area (Å²) in [5.41, 5.74) is 0.223. The highest BCUT2D eigenvalue weighted by atomic mass is 35.5. The lowest BCUT2D eigenvalue weighted by Crippen LogP contribution is -2.58. The fraction of sp³-hybridized carbons (Fsp3) is 0.606. The molecule has 3 N–H and O–H groups in total. The van der Waals surface area contributed by atoms with Crippen LogP contribution in [-0.4, -0.2) is 96.9 Å². The second kappa shape index (κ2) is 14.7. The highest BCUT2D eigenvalue weighted by Crippen LogP contribution is 2.46. The van der Waals surface area contributed by atoms with E-state index >= 15 is 0 Å². The molecule has 2 aliphatic carbocycles. The van der Waals surface area contributed by atoms with Crippen molar-refractivity contribution in [3.05, 3.63) is 46.5 Å².